The van der Waals surface area contributed by atoms with Gasteiger partial charge in [0.1, 0.15) is 11.2 Å². The van der Waals surface area contributed by atoms with Gasteiger partial charge in [-0.05, 0) is 20.8 Å². The molecule has 3 aliphatic rings. The van der Waals surface area contributed by atoms with E-state index in [0.717, 1.165) is 0 Å². The largest absolute Gasteiger partial charge is 0.459 e. The van der Waals surface area contributed by atoms with Gasteiger partial charge in [0, 0.05) is 26.2 Å². The molecule has 0 spiro atoms. The number of ether oxygens (including phenoxy) is 2. The molecule has 5 nitrogen and oxygen atoms in total. The van der Waals surface area contributed by atoms with E-state index in [1.54, 1.807) is 0 Å². The molecule has 0 atom stereocenters. The third-order valence-corrected chi connectivity index (χ3v) is 3.11. The van der Waals surface area contributed by atoms with Crippen LogP contribution < -0.4 is 5.32 Å². The molecule has 17 heavy (non-hydrogen) atoms. The highest BCUT2D eigenvalue weighted by molar-refractivity contribution is 5.71. The van der Waals surface area contributed by atoms with Crippen molar-refractivity contribution in [3.05, 3.63) is 0 Å². The first-order valence-corrected chi connectivity index (χ1v) is 5.85. The van der Waals surface area contributed by atoms with Crippen molar-refractivity contribution in [3.8, 4) is 0 Å². The molecule has 3 aliphatic carbocycles. The van der Waals surface area contributed by atoms with E-state index in [2.05, 4.69) is 5.32 Å². The second-order valence-electron chi connectivity index (χ2n) is 6.21. The molecule has 2 bridgehead atoms. The van der Waals surface area contributed by atoms with Crippen LogP contribution in [0.15, 0.2) is 0 Å². The topological polar surface area (TPSA) is 64.6 Å². The summed E-state index contributed by atoms with van der Waals surface area (Å²) >= 11 is 0. The average Bonchev–Trinajstić information content (AvgIpc) is 1.92. The summed E-state index contributed by atoms with van der Waals surface area (Å²) in [6, 6.07) is 0. The lowest BCUT2D eigenvalue weighted by atomic mass is 9.46. The Labute approximate surface area is 101 Å². The van der Waals surface area contributed by atoms with Crippen LogP contribution in [0, 0.1) is 0 Å². The van der Waals surface area contributed by atoms with Crippen LogP contribution in [0.2, 0.25) is 0 Å². The van der Waals surface area contributed by atoms with E-state index in [4.69, 9.17) is 9.47 Å². The zero-order chi connectivity index (χ0) is 12.9. The van der Waals surface area contributed by atoms with Gasteiger partial charge in [0.05, 0.1) is 5.54 Å². The highest BCUT2D eigenvalue weighted by Gasteiger charge is 2.71. The normalized spacial score (nSPS) is 34.1. The summed E-state index contributed by atoms with van der Waals surface area (Å²) in [5, 5.41) is 2.86. The van der Waals surface area contributed by atoms with Crippen LogP contribution in [0.4, 0.5) is 4.79 Å². The van der Waals surface area contributed by atoms with Crippen LogP contribution in [0.5, 0.6) is 0 Å². The van der Waals surface area contributed by atoms with Crippen LogP contribution in [0.1, 0.15) is 47.0 Å². The Morgan fingerprint density at radius 2 is 1.71 bits per heavy atom. The highest BCUT2D eigenvalue weighted by atomic mass is 16.6. The minimum atomic E-state index is -0.485. The molecule has 0 unspecified atom stereocenters. The monoisotopic (exact) mass is 241 g/mol. The molecule has 0 aliphatic heterocycles. The lowest BCUT2D eigenvalue weighted by Crippen LogP contribution is -2.79. The number of amides is 1. The summed E-state index contributed by atoms with van der Waals surface area (Å²) in [7, 11) is 0. The van der Waals surface area contributed by atoms with Gasteiger partial charge in [0.15, 0.2) is 0 Å². The number of alkyl carbamates (subject to hydrolysis) is 1. The van der Waals surface area contributed by atoms with E-state index < -0.39 is 11.7 Å². The van der Waals surface area contributed by atoms with Crippen molar-refractivity contribution in [2.45, 2.75) is 63.7 Å². The summed E-state index contributed by atoms with van der Waals surface area (Å²) in [5.74, 6) is -0.254. The van der Waals surface area contributed by atoms with E-state index in [9.17, 15) is 9.59 Å². The first kappa shape index (κ1) is 12.2. The van der Waals surface area contributed by atoms with Crippen molar-refractivity contribution < 1.29 is 19.1 Å². The second kappa shape index (κ2) is 3.37. The van der Waals surface area contributed by atoms with Crippen LogP contribution in [0.3, 0.4) is 0 Å². The van der Waals surface area contributed by atoms with Gasteiger partial charge in [-0.2, -0.15) is 0 Å². The lowest BCUT2D eigenvalue weighted by Gasteiger charge is -2.68. The fraction of sp³-hybridized carbons (Fsp3) is 0.833. The Hall–Kier alpha value is -1.26. The van der Waals surface area contributed by atoms with Gasteiger partial charge in [-0.15, -0.1) is 0 Å². The Balaban J connectivity index is 1.78. The van der Waals surface area contributed by atoms with E-state index in [1.165, 1.54) is 6.92 Å². The maximum Gasteiger partial charge on any atom is 0.408 e. The zero-order valence-electron chi connectivity index (χ0n) is 10.8. The predicted molar refractivity (Wildman–Crippen MR) is 60.4 cm³/mol. The molecule has 3 saturated carbocycles. The standard InChI is InChI=1S/C12H19NO4/c1-8(14)16-12-5-11(6-12,7-12)13-9(15)17-10(2,3)4/h5-7H2,1-4H3,(H,13,15). The summed E-state index contributed by atoms with van der Waals surface area (Å²) in [5.41, 5.74) is -0.986. The molecule has 0 aromatic rings. The zero-order valence-corrected chi connectivity index (χ0v) is 10.8. The van der Waals surface area contributed by atoms with Gasteiger partial charge in [0.25, 0.3) is 0 Å². The number of hydrogen-bond donors (Lipinski definition) is 1. The summed E-state index contributed by atoms with van der Waals surface area (Å²) in [6.45, 7) is 6.90. The molecule has 0 aromatic carbocycles. The molecule has 0 radical (unpaired) electrons. The number of hydrogen-bond acceptors (Lipinski definition) is 4. The van der Waals surface area contributed by atoms with Gasteiger partial charge >= 0.3 is 12.1 Å². The molecule has 0 heterocycles. The Kier molecular flexibility index (Phi) is 2.42. The number of esters is 1. The third-order valence-electron chi connectivity index (χ3n) is 3.11. The van der Waals surface area contributed by atoms with Crippen LogP contribution in [-0.2, 0) is 14.3 Å². The quantitative estimate of drug-likeness (QED) is 0.748. The number of carbonyl (C=O) groups is 2. The van der Waals surface area contributed by atoms with Gasteiger partial charge in [-0.25, -0.2) is 4.79 Å². The molecular weight excluding hydrogens is 222 g/mol. The van der Waals surface area contributed by atoms with Crippen molar-refractivity contribution in [2.24, 2.45) is 0 Å². The Morgan fingerprint density at radius 3 is 2.12 bits per heavy atom. The predicted octanol–water partition coefficient (Wildman–Crippen LogP) is 1.75. The Bertz CT molecular complexity index is 349. The summed E-state index contributed by atoms with van der Waals surface area (Å²) in [6.07, 6.45) is 1.73. The fourth-order valence-electron chi connectivity index (χ4n) is 2.76. The number of nitrogens with one attached hydrogen (secondary N) is 1. The van der Waals surface area contributed by atoms with E-state index in [-0.39, 0.29) is 17.1 Å². The lowest BCUT2D eigenvalue weighted by molar-refractivity contribution is -0.239. The molecule has 0 saturated heterocycles. The molecule has 5 heteroatoms. The van der Waals surface area contributed by atoms with Crippen LogP contribution in [-0.4, -0.2) is 28.8 Å². The van der Waals surface area contributed by atoms with Crippen molar-refractivity contribution in [1.82, 2.24) is 5.32 Å². The van der Waals surface area contributed by atoms with Gasteiger partial charge in [-0.1, -0.05) is 0 Å². The number of carbonyl (C=O) groups excluding carboxylic acids is 2. The molecule has 1 amide bonds. The maximum atomic E-state index is 11.6. The first-order chi connectivity index (χ1) is 7.64. The van der Waals surface area contributed by atoms with E-state index in [1.807, 2.05) is 20.8 Å². The molecule has 3 rings (SSSR count). The summed E-state index contributed by atoms with van der Waals surface area (Å²) in [4.78, 5) is 22.4. The van der Waals surface area contributed by atoms with Crippen molar-refractivity contribution in [3.63, 3.8) is 0 Å². The fourth-order valence-corrected chi connectivity index (χ4v) is 2.76. The van der Waals surface area contributed by atoms with Crippen molar-refractivity contribution >= 4 is 12.1 Å². The smallest absolute Gasteiger partial charge is 0.408 e. The molecule has 96 valence electrons. The van der Waals surface area contributed by atoms with Crippen molar-refractivity contribution in [1.29, 1.82) is 0 Å². The summed E-state index contributed by atoms with van der Waals surface area (Å²) < 4.78 is 10.4. The maximum absolute atomic E-state index is 11.6. The van der Waals surface area contributed by atoms with Crippen LogP contribution in [0.25, 0.3) is 0 Å². The minimum absolute atomic E-state index is 0.197. The third kappa shape index (κ3) is 2.37. The SMILES string of the molecule is CC(=O)OC12CC(NC(=O)OC(C)(C)C)(C1)C2. The highest BCUT2D eigenvalue weighted by Crippen LogP contribution is 2.62. The second-order valence-corrected chi connectivity index (χ2v) is 6.21. The number of rotatable bonds is 2. The molecular formula is C12H19NO4. The van der Waals surface area contributed by atoms with E-state index in [0.29, 0.717) is 19.3 Å². The van der Waals surface area contributed by atoms with Gasteiger partial charge < -0.3 is 14.8 Å². The van der Waals surface area contributed by atoms with E-state index >= 15 is 0 Å². The molecule has 0 aromatic heterocycles. The Morgan fingerprint density at radius 1 is 1.18 bits per heavy atom. The molecule has 3 fully saturated rings. The van der Waals surface area contributed by atoms with Crippen molar-refractivity contribution in [2.75, 3.05) is 0 Å². The molecule has 1 N–H and O–H groups in total. The average molecular weight is 241 g/mol. The van der Waals surface area contributed by atoms with Crippen LogP contribution >= 0.6 is 0 Å². The van der Waals surface area contributed by atoms with Gasteiger partial charge in [0.2, 0.25) is 0 Å². The van der Waals surface area contributed by atoms with Gasteiger partial charge in [-0.3, -0.25) is 4.79 Å². The minimum Gasteiger partial charge on any atom is -0.459 e. The first-order valence-electron chi connectivity index (χ1n) is 5.85.